The van der Waals surface area contributed by atoms with Gasteiger partial charge in [0.2, 0.25) is 0 Å². The molecular formula is C19H26N2O3. The van der Waals surface area contributed by atoms with Crippen LogP contribution in [0.4, 0.5) is 0 Å². The zero-order valence-electron chi connectivity index (χ0n) is 14.3. The van der Waals surface area contributed by atoms with E-state index in [1.54, 1.807) is 5.06 Å². The van der Waals surface area contributed by atoms with Crippen LogP contribution in [0.2, 0.25) is 0 Å². The molecule has 5 heteroatoms. The predicted molar refractivity (Wildman–Crippen MR) is 90.1 cm³/mol. The van der Waals surface area contributed by atoms with Gasteiger partial charge in [-0.3, -0.25) is 14.5 Å². The summed E-state index contributed by atoms with van der Waals surface area (Å²) < 4.78 is 5.93. The molecule has 0 unspecified atom stereocenters. The first-order chi connectivity index (χ1) is 11.7. The number of piperidine rings is 1. The van der Waals surface area contributed by atoms with Crippen LogP contribution in [-0.4, -0.2) is 54.3 Å². The number of hydroxylamine groups is 2. The molecule has 3 aliphatic heterocycles. The molecule has 4 rings (SSSR count). The van der Waals surface area contributed by atoms with Crippen molar-refractivity contribution in [2.45, 2.75) is 44.9 Å². The first kappa shape index (κ1) is 16.1. The highest BCUT2D eigenvalue weighted by molar-refractivity contribution is 5.78. The fraction of sp³-hybridized carbons (Fsp3) is 0.632. The Morgan fingerprint density at radius 2 is 2.08 bits per heavy atom. The Morgan fingerprint density at radius 1 is 1.25 bits per heavy atom. The van der Waals surface area contributed by atoms with Crippen LogP contribution < -0.4 is 0 Å². The number of carbonyl (C=O) groups excluding carboxylic acids is 1. The first-order valence-electron chi connectivity index (χ1n) is 9.06. The minimum Gasteiger partial charge on any atom is -0.377 e. The summed E-state index contributed by atoms with van der Waals surface area (Å²) in [5, 5.41) is 1.57. The second kappa shape index (κ2) is 6.82. The molecule has 0 N–H and O–H groups in total. The number of rotatable bonds is 3. The lowest BCUT2D eigenvalue weighted by molar-refractivity contribution is -0.177. The summed E-state index contributed by atoms with van der Waals surface area (Å²) >= 11 is 0. The maximum Gasteiger partial charge on any atom is 0.250 e. The quantitative estimate of drug-likeness (QED) is 0.851. The third-order valence-electron chi connectivity index (χ3n) is 5.47. The highest BCUT2D eigenvalue weighted by atomic mass is 16.7. The molecule has 130 valence electrons. The van der Waals surface area contributed by atoms with Gasteiger partial charge in [-0.2, -0.15) is 0 Å². The van der Waals surface area contributed by atoms with Crippen molar-refractivity contribution >= 4 is 5.91 Å². The summed E-state index contributed by atoms with van der Waals surface area (Å²) in [5.74, 6) is 0.114. The maximum atomic E-state index is 12.8. The van der Waals surface area contributed by atoms with Crippen molar-refractivity contribution < 1.29 is 14.4 Å². The van der Waals surface area contributed by atoms with Gasteiger partial charge in [-0.05, 0) is 31.7 Å². The average Bonchev–Trinajstić information content (AvgIpc) is 3.27. The molecule has 5 nitrogen and oxygen atoms in total. The molecule has 3 aliphatic rings. The Hall–Kier alpha value is -1.43. The molecule has 0 aliphatic carbocycles. The summed E-state index contributed by atoms with van der Waals surface area (Å²) in [6, 6.07) is 9.13. The maximum absolute atomic E-state index is 12.8. The monoisotopic (exact) mass is 330 g/mol. The lowest BCUT2D eigenvalue weighted by atomic mass is 9.89. The lowest BCUT2D eigenvalue weighted by Gasteiger charge is -2.41. The lowest BCUT2D eigenvalue weighted by Crippen LogP contribution is -2.52. The summed E-state index contributed by atoms with van der Waals surface area (Å²) in [4.78, 5) is 20.7. The van der Waals surface area contributed by atoms with E-state index in [0.29, 0.717) is 12.6 Å². The Labute approximate surface area is 143 Å². The fourth-order valence-electron chi connectivity index (χ4n) is 4.17. The number of ether oxygens (including phenoxy) is 1. The van der Waals surface area contributed by atoms with E-state index in [9.17, 15) is 4.79 Å². The number of amides is 1. The number of likely N-dealkylation sites (tertiary alicyclic amines) is 1. The third-order valence-corrected chi connectivity index (χ3v) is 5.47. The van der Waals surface area contributed by atoms with E-state index in [2.05, 4.69) is 36.1 Å². The van der Waals surface area contributed by atoms with Gasteiger partial charge in [-0.25, -0.2) is 5.06 Å². The fourth-order valence-corrected chi connectivity index (χ4v) is 4.17. The van der Waals surface area contributed by atoms with Gasteiger partial charge in [0.1, 0.15) is 0 Å². The Bertz CT molecular complexity index is 583. The van der Waals surface area contributed by atoms with Crippen molar-refractivity contribution in [3.8, 4) is 0 Å². The molecule has 3 fully saturated rings. The van der Waals surface area contributed by atoms with Crippen LogP contribution in [0, 0.1) is 12.8 Å². The van der Waals surface area contributed by atoms with Gasteiger partial charge in [0.25, 0.3) is 5.91 Å². The smallest absolute Gasteiger partial charge is 0.250 e. The van der Waals surface area contributed by atoms with Gasteiger partial charge in [0.05, 0.1) is 25.2 Å². The second-order valence-corrected chi connectivity index (χ2v) is 7.24. The molecule has 1 aromatic rings. The van der Waals surface area contributed by atoms with Gasteiger partial charge in [0, 0.05) is 25.7 Å². The topological polar surface area (TPSA) is 42.0 Å². The van der Waals surface area contributed by atoms with Crippen LogP contribution >= 0.6 is 0 Å². The molecule has 3 heterocycles. The van der Waals surface area contributed by atoms with E-state index < -0.39 is 0 Å². The molecular weight excluding hydrogens is 304 g/mol. The van der Waals surface area contributed by atoms with Crippen molar-refractivity contribution in [1.82, 2.24) is 9.96 Å². The third kappa shape index (κ3) is 3.21. The van der Waals surface area contributed by atoms with E-state index in [1.165, 1.54) is 11.1 Å². The molecule has 1 aromatic carbocycles. The van der Waals surface area contributed by atoms with E-state index >= 15 is 0 Å². The summed E-state index contributed by atoms with van der Waals surface area (Å²) in [6.45, 7) is 5.99. The summed E-state index contributed by atoms with van der Waals surface area (Å²) in [7, 11) is 0. The first-order valence-corrected chi connectivity index (χ1v) is 9.06. The molecule has 24 heavy (non-hydrogen) atoms. The van der Waals surface area contributed by atoms with Crippen LogP contribution in [0.5, 0.6) is 0 Å². The van der Waals surface area contributed by atoms with Gasteiger partial charge < -0.3 is 4.74 Å². The predicted octanol–water partition coefficient (Wildman–Crippen LogP) is 2.14. The van der Waals surface area contributed by atoms with E-state index in [1.807, 2.05) is 0 Å². The van der Waals surface area contributed by atoms with Crippen LogP contribution in [0.25, 0.3) is 0 Å². The number of carbonyl (C=O) groups is 1. The molecule has 0 radical (unpaired) electrons. The molecule has 0 saturated carbocycles. The Morgan fingerprint density at radius 3 is 2.83 bits per heavy atom. The van der Waals surface area contributed by atoms with Gasteiger partial charge in [-0.15, -0.1) is 0 Å². The van der Waals surface area contributed by atoms with Crippen molar-refractivity contribution in [3.63, 3.8) is 0 Å². The average molecular weight is 330 g/mol. The zero-order valence-corrected chi connectivity index (χ0v) is 14.3. The highest BCUT2D eigenvalue weighted by Crippen LogP contribution is 2.33. The number of aryl methyl sites for hydroxylation is 1. The van der Waals surface area contributed by atoms with Crippen molar-refractivity contribution in [1.29, 1.82) is 0 Å². The molecule has 3 saturated heterocycles. The normalized spacial score (nSPS) is 30.5. The number of fused-ring (bicyclic) bond motifs is 1. The molecule has 0 aromatic heterocycles. The number of benzene rings is 1. The molecule has 0 spiro atoms. The van der Waals surface area contributed by atoms with Gasteiger partial charge in [0.15, 0.2) is 0 Å². The van der Waals surface area contributed by atoms with Crippen molar-refractivity contribution in [2.75, 3.05) is 26.3 Å². The van der Waals surface area contributed by atoms with Gasteiger partial charge in [-0.1, -0.05) is 29.8 Å². The SMILES string of the molecule is Cc1ccc(CN2C[C@@H](C(=O)N3CCCO3)C[C@H]3OCC[C@H]32)cc1. The summed E-state index contributed by atoms with van der Waals surface area (Å²) in [5.41, 5.74) is 2.58. The van der Waals surface area contributed by atoms with E-state index in [-0.39, 0.29) is 17.9 Å². The largest absolute Gasteiger partial charge is 0.377 e. The zero-order chi connectivity index (χ0) is 16.5. The van der Waals surface area contributed by atoms with Crippen LogP contribution in [0.15, 0.2) is 24.3 Å². The summed E-state index contributed by atoms with van der Waals surface area (Å²) in [6.07, 6.45) is 3.01. The highest BCUT2D eigenvalue weighted by Gasteiger charge is 2.43. The Kier molecular flexibility index (Phi) is 4.57. The minimum absolute atomic E-state index is 0.0205. The van der Waals surface area contributed by atoms with Crippen molar-refractivity contribution in [2.24, 2.45) is 5.92 Å². The standard InChI is InChI=1S/C19H26N2O3/c1-14-3-5-15(6-4-14)12-20-13-16(11-18-17(20)7-10-23-18)19(22)21-8-2-9-24-21/h3-6,16-18H,2,7-13H2,1H3/t16-,17+,18+/m0/s1. The Balaban J connectivity index is 1.48. The van der Waals surface area contributed by atoms with Crippen molar-refractivity contribution in [3.05, 3.63) is 35.4 Å². The van der Waals surface area contributed by atoms with Crippen LogP contribution in [-0.2, 0) is 20.9 Å². The molecule has 1 amide bonds. The second-order valence-electron chi connectivity index (χ2n) is 7.24. The van der Waals surface area contributed by atoms with E-state index in [4.69, 9.17) is 9.57 Å². The van der Waals surface area contributed by atoms with Crippen LogP contribution in [0.1, 0.15) is 30.4 Å². The number of nitrogens with zero attached hydrogens (tertiary/aromatic N) is 2. The van der Waals surface area contributed by atoms with Gasteiger partial charge >= 0.3 is 0 Å². The molecule has 0 bridgehead atoms. The van der Waals surface area contributed by atoms with E-state index in [0.717, 1.165) is 45.5 Å². The number of hydrogen-bond acceptors (Lipinski definition) is 4. The number of hydrogen-bond donors (Lipinski definition) is 0. The van der Waals surface area contributed by atoms with Crippen LogP contribution in [0.3, 0.4) is 0 Å². The molecule has 3 atom stereocenters. The minimum atomic E-state index is -0.0205.